The zero-order valence-electron chi connectivity index (χ0n) is 21.2. The Labute approximate surface area is 220 Å². The number of halogens is 1. The number of nitrogens with one attached hydrogen (secondary N) is 1. The van der Waals surface area contributed by atoms with Crippen molar-refractivity contribution in [3.63, 3.8) is 0 Å². The van der Waals surface area contributed by atoms with E-state index >= 15 is 0 Å². The molecular weight excluding hydrogens is 523 g/mol. The van der Waals surface area contributed by atoms with Crippen molar-refractivity contribution < 1.29 is 28.1 Å². The Balaban J connectivity index is 1.47. The number of carbonyl (C=O) groups is 1. The number of rotatable bonds is 10. The Hall–Kier alpha value is -2.76. The summed E-state index contributed by atoms with van der Waals surface area (Å²) in [6, 6.07) is 6.87. The van der Waals surface area contributed by atoms with Crippen molar-refractivity contribution in [3.05, 3.63) is 35.6 Å². The molecule has 0 spiro atoms. The molecular formula is C23H30ClN6O6P. The van der Waals surface area contributed by atoms with Gasteiger partial charge in [-0.25, -0.2) is 10.1 Å². The van der Waals surface area contributed by atoms with Crippen LogP contribution in [0.25, 0.3) is 11.2 Å². The third kappa shape index (κ3) is 6.22. The van der Waals surface area contributed by atoms with Crippen LogP contribution < -0.4 is 20.1 Å². The van der Waals surface area contributed by atoms with E-state index in [-0.39, 0.29) is 30.8 Å². The van der Waals surface area contributed by atoms with Crippen molar-refractivity contribution >= 4 is 43.2 Å². The molecule has 0 aliphatic carbocycles. The van der Waals surface area contributed by atoms with E-state index in [4.69, 9.17) is 40.6 Å². The molecule has 3 unspecified atom stereocenters. The zero-order valence-corrected chi connectivity index (χ0v) is 22.8. The van der Waals surface area contributed by atoms with Crippen LogP contribution in [0.1, 0.15) is 33.4 Å². The molecule has 0 bridgehead atoms. The van der Waals surface area contributed by atoms with Crippen LogP contribution >= 0.6 is 20.1 Å². The Bertz CT molecular complexity index is 1240. The van der Waals surface area contributed by atoms with Gasteiger partial charge in [-0.05, 0) is 44.5 Å². The Kier molecular flexibility index (Phi) is 8.35. The number of fused-ring (bicyclic) bond motifs is 1. The van der Waals surface area contributed by atoms with Crippen LogP contribution in [0.15, 0.2) is 30.6 Å². The molecule has 1 aromatic carbocycles. The predicted molar refractivity (Wildman–Crippen MR) is 138 cm³/mol. The highest BCUT2D eigenvalue weighted by Gasteiger charge is 2.38. The number of hydrogen-bond acceptors (Lipinski definition) is 11. The highest BCUT2D eigenvalue weighted by molar-refractivity contribution is 7.45. The molecule has 1 fully saturated rings. The lowest BCUT2D eigenvalue weighted by atomic mass is 10.1. The number of imidazole rings is 1. The van der Waals surface area contributed by atoms with Crippen LogP contribution in [-0.2, 0) is 18.8 Å². The molecule has 4 rings (SSSR count). The number of carbonyl (C=O) groups excluding carboxylic acids is 1. The molecule has 0 radical (unpaired) electrons. The largest absolute Gasteiger partial charge is 0.479 e. The molecule has 3 aromatic rings. The van der Waals surface area contributed by atoms with Crippen LogP contribution in [-0.4, -0.2) is 58.0 Å². The van der Waals surface area contributed by atoms with E-state index in [0.717, 1.165) is 0 Å². The molecule has 3 heterocycles. The van der Waals surface area contributed by atoms with E-state index in [2.05, 4.69) is 27.0 Å². The molecule has 1 aliphatic rings. The summed E-state index contributed by atoms with van der Waals surface area (Å²) in [5, 5.41) is 3.70. The first-order chi connectivity index (χ1) is 17.6. The van der Waals surface area contributed by atoms with Crippen LogP contribution in [0.3, 0.4) is 0 Å². The maximum Gasteiger partial charge on any atom is 0.325 e. The average molecular weight is 553 g/mol. The highest BCUT2D eigenvalue weighted by Crippen LogP contribution is 2.42. The topological polar surface area (TPSA) is 145 Å². The summed E-state index contributed by atoms with van der Waals surface area (Å²) in [6.07, 6.45) is 1.76. The number of nitrogens with two attached hydrogens (primary N) is 1. The molecule has 12 nitrogen and oxygen atoms in total. The van der Waals surface area contributed by atoms with E-state index in [9.17, 15) is 4.79 Å². The molecule has 3 N–H and O–H groups in total. The number of nitrogens with zero attached hydrogens (tertiary/aromatic N) is 4. The third-order valence-electron chi connectivity index (χ3n) is 5.77. The Morgan fingerprint density at radius 3 is 2.70 bits per heavy atom. The van der Waals surface area contributed by atoms with Crippen LogP contribution in [0.5, 0.6) is 11.6 Å². The summed E-state index contributed by atoms with van der Waals surface area (Å²) in [5.41, 5.74) is 5.84. The number of methoxy groups -OCH3 is 2. The number of hydrogen-bond donors (Lipinski definition) is 2. The van der Waals surface area contributed by atoms with Gasteiger partial charge in [-0.1, -0.05) is 18.5 Å². The summed E-state index contributed by atoms with van der Waals surface area (Å²) in [7, 11) is 1.08. The van der Waals surface area contributed by atoms with Crippen LogP contribution in [0, 0.1) is 5.92 Å². The van der Waals surface area contributed by atoms with Crippen molar-refractivity contribution in [1.29, 1.82) is 0 Å². The second-order valence-electron chi connectivity index (χ2n) is 9.10. The van der Waals surface area contributed by atoms with Crippen molar-refractivity contribution in [3.8, 4) is 11.6 Å². The standard InChI is InChI=1S/C23H30ClN6O6P/c1-13-10-16(35-20(13)30-12-26-17-18(30)27-22(25)28-19(17)32-4)11-34-37(29-23(2,3)21(31)33-5)36-15-8-6-14(24)7-9-15/h6-9,12-13,16,20,29H,10-11H2,1-5H3,(H2,25,27,28)/t13?,16?,20-,37?/m1/s1. The molecule has 1 saturated heterocycles. The minimum Gasteiger partial charge on any atom is -0.479 e. The Morgan fingerprint density at radius 1 is 1.30 bits per heavy atom. The van der Waals surface area contributed by atoms with Gasteiger partial charge >= 0.3 is 14.5 Å². The maximum absolute atomic E-state index is 12.3. The molecule has 2 aromatic heterocycles. The molecule has 1 aliphatic heterocycles. The Morgan fingerprint density at radius 2 is 2.03 bits per heavy atom. The van der Waals surface area contributed by atoms with Gasteiger partial charge in [0, 0.05) is 10.9 Å². The monoisotopic (exact) mass is 552 g/mol. The van der Waals surface area contributed by atoms with E-state index in [1.54, 1.807) is 44.4 Å². The zero-order chi connectivity index (χ0) is 26.7. The molecule has 200 valence electrons. The minimum atomic E-state index is -1.75. The van der Waals surface area contributed by atoms with Crippen LogP contribution in [0.2, 0.25) is 5.02 Å². The number of benzene rings is 1. The second-order valence-corrected chi connectivity index (χ2v) is 10.7. The SMILES string of the molecule is COC(=O)C(C)(C)NP(OCC1CC(C)[C@H](n2cnc3c(OC)nc(N)nc32)O1)Oc1ccc(Cl)cc1. The summed E-state index contributed by atoms with van der Waals surface area (Å²) < 4.78 is 30.5. The van der Waals surface area contributed by atoms with Gasteiger partial charge in [0.15, 0.2) is 11.2 Å². The number of anilines is 1. The molecule has 37 heavy (non-hydrogen) atoms. The summed E-state index contributed by atoms with van der Waals surface area (Å²) >= 11 is 5.99. The predicted octanol–water partition coefficient (Wildman–Crippen LogP) is 3.86. The first-order valence-electron chi connectivity index (χ1n) is 11.5. The van der Waals surface area contributed by atoms with Gasteiger partial charge in [0.2, 0.25) is 11.8 Å². The number of ether oxygens (including phenoxy) is 3. The lowest BCUT2D eigenvalue weighted by Crippen LogP contribution is -2.45. The van der Waals surface area contributed by atoms with Crippen molar-refractivity contribution in [1.82, 2.24) is 24.6 Å². The number of nitrogen functional groups attached to an aromatic ring is 1. The lowest BCUT2D eigenvalue weighted by Gasteiger charge is -2.28. The van der Waals surface area contributed by atoms with Gasteiger partial charge in [0.25, 0.3) is 0 Å². The molecule has 0 amide bonds. The number of aromatic nitrogens is 4. The van der Waals surface area contributed by atoms with Crippen molar-refractivity contribution in [2.45, 2.75) is 45.1 Å². The van der Waals surface area contributed by atoms with E-state index < -0.39 is 20.0 Å². The van der Waals surface area contributed by atoms with Gasteiger partial charge in [0.05, 0.1) is 33.3 Å². The maximum atomic E-state index is 12.3. The fourth-order valence-electron chi connectivity index (χ4n) is 3.95. The first-order valence-corrected chi connectivity index (χ1v) is 13.1. The van der Waals surface area contributed by atoms with E-state index in [1.807, 2.05) is 4.57 Å². The minimum absolute atomic E-state index is 0.0842. The van der Waals surface area contributed by atoms with Gasteiger partial charge in [-0.3, -0.25) is 9.36 Å². The van der Waals surface area contributed by atoms with Gasteiger partial charge in [-0.2, -0.15) is 9.97 Å². The average Bonchev–Trinajstić information content (AvgIpc) is 3.45. The molecule has 14 heteroatoms. The van der Waals surface area contributed by atoms with Crippen molar-refractivity contribution in [2.24, 2.45) is 5.92 Å². The van der Waals surface area contributed by atoms with Gasteiger partial charge in [0.1, 0.15) is 17.5 Å². The normalized spacial score (nSPS) is 20.6. The third-order valence-corrected chi connectivity index (χ3v) is 7.53. The fraction of sp³-hybridized carbons (Fsp3) is 0.478. The molecule has 4 atom stereocenters. The van der Waals surface area contributed by atoms with Gasteiger partial charge < -0.3 is 29.0 Å². The summed E-state index contributed by atoms with van der Waals surface area (Å²) in [6.45, 7) is 5.68. The molecule has 0 saturated carbocycles. The van der Waals surface area contributed by atoms with Crippen molar-refractivity contribution in [2.75, 3.05) is 26.6 Å². The van der Waals surface area contributed by atoms with Gasteiger partial charge in [-0.15, -0.1) is 0 Å². The first kappa shape index (κ1) is 27.3. The number of esters is 1. The van der Waals surface area contributed by atoms with E-state index in [0.29, 0.717) is 34.2 Å². The lowest BCUT2D eigenvalue weighted by molar-refractivity contribution is -0.146. The van der Waals surface area contributed by atoms with Crippen LogP contribution in [0.4, 0.5) is 5.95 Å². The summed E-state index contributed by atoms with van der Waals surface area (Å²) in [5.74, 6) is 0.601. The second kappa shape index (κ2) is 11.3. The summed E-state index contributed by atoms with van der Waals surface area (Å²) in [4.78, 5) is 25.1. The van der Waals surface area contributed by atoms with E-state index in [1.165, 1.54) is 14.2 Å². The fourth-order valence-corrected chi connectivity index (χ4v) is 5.40. The quantitative estimate of drug-likeness (QED) is 0.279. The smallest absolute Gasteiger partial charge is 0.325 e. The highest BCUT2D eigenvalue weighted by atomic mass is 35.5.